The van der Waals surface area contributed by atoms with Crippen LogP contribution in [0.25, 0.3) is 11.4 Å². The van der Waals surface area contributed by atoms with Crippen LogP contribution < -0.4 is 10.1 Å². The van der Waals surface area contributed by atoms with Gasteiger partial charge < -0.3 is 23.6 Å². The zero-order valence-electron chi connectivity index (χ0n) is 28.0. The molecule has 0 bridgehead atoms. The van der Waals surface area contributed by atoms with Gasteiger partial charge in [-0.15, -0.1) is 4.99 Å². The Bertz CT molecular complexity index is 1380. The predicted octanol–water partition coefficient (Wildman–Crippen LogP) is 8.40. The number of likely N-dealkylation sites (tertiary alicyclic amines) is 1. The zero-order chi connectivity index (χ0) is 35.0. The second-order valence-electron chi connectivity index (χ2n) is 13.3. The lowest BCUT2D eigenvalue weighted by Gasteiger charge is -2.27. The van der Waals surface area contributed by atoms with Gasteiger partial charge in [0.15, 0.2) is 0 Å². The maximum absolute atomic E-state index is 14.9. The van der Waals surface area contributed by atoms with Gasteiger partial charge in [0, 0.05) is 12.0 Å². The van der Waals surface area contributed by atoms with Gasteiger partial charge >= 0.3 is 18.4 Å². The third kappa shape index (κ3) is 12.0. The van der Waals surface area contributed by atoms with Crippen LogP contribution in [0.15, 0.2) is 27.7 Å². The van der Waals surface area contributed by atoms with Crippen LogP contribution >= 0.6 is 0 Å². The molecule has 3 rings (SSSR count). The Labute approximate surface area is 272 Å². The van der Waals surface area contributed by atoms with Gasteiger partial charge in [-0.3, -0.25) is 5.32 Å². The lowest BCUT2D eigenvalue weighted by molar-refractivity contribution is -0.138. The van der Waals surface area contributed by atoms with Gasteiger partial charge in [-0.1, -0.05) is 44.2 Å². The molecule has 0 radical (unpaired) electrons. The molecule has 1 aromatic carbocycles. The number of hydrogen-bond donors (Lipinski definition) is 1. The van der Waals surface area contributed by atoms with E-state index < -0.39 is 47.3 Å². The summed E-state index contributed by atoms with van der Waals surface area (Å²) in [4.78, 5) is 34.6. The quantitative estimate of drug-likeness (QED) is 0.115. The molecule has 2 amide bonds. The number of aromatic nitrogens is 2. The number of carbonyl (C=O) groups excluding carboxylic acids is 2. The van der Waals surface area contributed by atoms with E-state index in [1.165, 1.54) is 17.0 Å². The van der Waals surface area contributed by atoms with E-state index in [4.69, 9.17) is 18.7 Å². The van der Waals surface area contributed by atoms with Crippen LogP contribution in [0.1, 0.15) is 111 Å². The highest BCUT2D eigenvalue weighted by atomic mass is 19.4. The molecular weight excluding hydrogens is 626 g/mol. The van der Waals surface area contributed by atoms with E-state index in [1.807, 2.05) is 0 Å². The first kappa shape index (κ1) is 37.5. The highest BCUT2D eigenvalue weighted by Crippen LogP contribution is 2.39. The zero-order valence-corrected chi connectivity index (χ0v) is 28.0. The number of carbonyl (C=O) groups is 2. The smallest absolute Gasteiger partial charge is 0.437 e. The summed E-state index contributed by atoms with van der Waals surface area (Å²) in [7, 11) is 0. The number of halogens is 4. The number of nitrogens with zero attached hydrogens (tertiary/aromatic N) is 4. The van der Waals surface area contributed by atoms with E-state index in [-0.39, 0.29) is 48.6 Å². The fourth-order valence-electron chi connectivity index (χ4n) is 4.75. The number of amides is 2. The van der Waals surface area contributed by atoms with Gasteiger partial charge in [-0.25, -0.2) is 14.0 Å². The molecule has 11 nitrogen and oxygen atoms in total. The number of hydrogen-bond acceptors (Lipinski definition) is 8. The molecule has 1 aliphatic rings. The molecule has 47 heavy (non-hydrogen) atoms. The van der Waals surface area contributed by atoms with Gasteiger partial charge in [0.05, 0.1) is 18.7 Å². The second-order valence-corrected chi connectivity index (χ2v) is 13.3. The summed E-state index contributed by atoms with van der Waals surface area (Å²) >= 11 is 0. The molecule has 0 aliphatic carbocycles. The van der Waals surface area contributed by atoms with Crippen molar-refractivity contribution < 1.29 is 45.9 Å². The van der Waals surface area contributed by atoms with Crippen molar-refractivity contribution in [3.63, 3.8) is 0 Å². The van der Waals surface area contributed by atoms with Crippen molar-refractivity contribution in [2.75, 3.05) is 13.2 Å². The summed E-state index contributed by atoms with van der Waals surface area (Å²) < 4.78 is 78.3. The van der Waals surface area contributed by atoms with Crippen LogP contribution in [-0.2, 0) is 15.7 Å². The number of alkyl carbamates (subject to hydrolysis) is 1. The van der Waals surface area contributed by atoms with E-state index >= 15 is 0 Å². The molecule has 1 fully saturated rings. The first-order valence-electron chi connectivity index (χ1n) is 15.8. The van der Waals surface area contributed by atoms with E-state index in [9.17, 15) is 27.2 Å². The van der Waals surface area contributed by atoms with Crippen molar-refractivity contribution in [1.29, 1.82) is 0 Å². The van der Waals surface area contributed by atoms with E-state index in [0.29, 0.717) is 6.42 Å². The third-order valence-electron chi connectivity index (χ3n) is 6.75. The van der Waals surface area contributed by atoms with Crippen LogP contribution in [0, 0.1) is 0 Å². The first-order chi connectivity index (χ1) is 21.9. The minimum Gasteiger partial charge on any atom is -0.493 e. The Kier molecular flexibility index (Phi) is 12.6. The first-order valence-corrected chi connectivity index (χ1v) is 15.8. The molecule has 1 saturated heterocycles. The Balaban J connectivity index is 1.86. The molecule has 0 unspecified atom stereocenters. The molecule has 15 heteroatoms. The molecular formula is C32H45F4N5O6. The normalized spacial score (nSPS) is 17.5. The van der Waals surface area contributed by atoms with Crippen LogP contribution in [0.4, 0.5) is 27.2 Å². The van der Waals surface area contributed by atoms with E-state index in [1.54, 1.807) is 41.5 Å². The van der Waals surface area contributed by atoms with Crippen molar-refractivity contribution in [3.8, 4) is 17.1 Å². The average Bonchev–Trinajstić information content (AvgIpc) is 3.56. The second kappa shape index (κ2) is 15.8. The number of unbranched alkanes of at least 4 members (excludes halogenated alkanes) is 5. The van der Waals surface area contributed by atoms with Crippen LogP contribution in [0.2, 0.25) is 0 Å². The summed E-state index contributed by atoms with van der Waals surface area (Å²) in [5.41, 5.74) is -2.82. The average molecular weight is 672 g/mol. The molecule has 1 aliphatic heterocycles. The number of ether oxygens (including phenoxy) is 3. The lowest BCUT2D eigenvalue weighted by atomic mass is 10.1. The summed E-state index contributed by atoms with van der Waals surface area (Å²) in [6.07, 6.45) is -2.64. The number of guanidine groups is 1. The third-order valence-corrected chi connectivity index (χ3v) is 6.75. The summed E-state index contributed by atoms with van der Waals surface area (Å²) in [6, 6.07) is 2.42. The summed E-state index contributed by atoms with van der Waals surface area (Å²) in [5, 5.41) is 6.22. The van der Waals surface area contributed by atoms with Gasteiger partial charge in [0.2, 0.25) is 17.7 Å². The Morgan fingerprint density at radius 3 is 2.32 bits per heavy atom. The highest BCUT2D eigenvalue weighted by molar-refractivity contribution is 5.99. The standard InChI is InChI=1S/C32H45F4N5O6/c1-8-9-10-11-12-13-16-44-24-15-14-20(17-22(24)32(34,35)36)25-37-26(47-40-25)23-18-21(33)19-41(23)27(38-28(42)45-30(2,3)4)39-29(43)46-31(5,6)7/h14-15,17,21,23H,8-13,16,18-19H2,1-7H3,(H,38,39,42,43)/t21-,23+/m1/s1. The number of alkyl halides is 4. The number of benzene rings is 1. The minimum absolute atomic E-state index is 0.00453. The van der Waals surface area contributed by atoms with Crippen LogP contribution in [0.5, 0.6) is 5.75 Å². The Hall–Kier alpha value is -3.91. The molecule has 2 aromatic rings. The summed E-state index contributed by atoms with van der Waals surface area (Å²) in [5.74, 6) is -1.04. The van der Waals surface area contributed by atoms with Gasteiger partial charge in [-0.05, 0) is 66.2 Å². The maximum Gasteiger partial charge on any atom is 0.437 e. The van der Waals surface area contributed by atoms with Crippen LogP contribution in [0.3, 0.4) is 0 Å². The molecule has 2 atom stereocenters. The van der Waals surface area contributed by atoms with Gasteiger partial charge in [0.25, 0.3) is 0 Å². The molecule has 262 valence electrons. The van der Waals surface area contributed by atoms with E-state index in [2.05, 4.69) is 27.4 Å². The fourth-order valence-corrected chi connectivity index (χ4v) is 4.75. The van der Waals surface area contributed by atoms with Gasteiger partial charge in [-0.2, -0.15) is 18.2 Å². The highest BCUT2D eigenvalue weighted by Gasteiger charge is 2.41. The van der Waals surface area contributed by atoms with Crippen molar-refractivity contribution >= 4 is 18.1 Å². The Morgan fingerprint density at radius 2 is 1.68 bits per heavy atom. The largest absolute Gasteiger partial charge is 0.493 e. The SMILES string of the molecule is CCCCCCCCOc1ccc(-c2noc([C@@H]3C[C@@H](F)CN3/C(=N/C(=O)OC(C)(C)C)NC(=O)OC(C)(C)C)n2)cc1C(F)(F)F. The number of nitrogens with one attached hydrogen (secondary N) is 1. The maximum atomic E-state index is 14.9. The van der Waals surface area contributed by atoms with Crippen molar-refractivity contribution in [1.82, 2.24) is 20.4 Å². The molecule has 1 aromatic heterocycles. The molecule has 1 N–H and O–H groups in total. The monoisotopic (exact) mass is 671 g/mol. The minimum atomic E-state index is -4.72. The van der Waals surface area contributed by atoms with Crippen LogP contribution in [-0.4, -0.2) is 63.7 Å². The molecule has 0 spiro atoms. The lowest BCUT2D eigenvalue weighted by Crippen LogP contribution is -2.46. The van der Waals surface area contributed by atoms with Crippen molar-refractivity contribution in [3.05, 3.63) is 29.7 Å². The fraction of sp³-hybridized carbons (Fsp3) is 0.656. The predicted molar refractivity (Wildman–Crippen MR) is 166 cm³/mol. The molecule has 2 heterocycles. The number of rotatable bonds is 10. The van der Waals surface area contributed by atoms with Crippen molar-refractivity contribution in [2.45, 2.75) is 123 Å². The van der Waals surface area contributed by atoms with Crippen molar-refractivity contribution in [2.24, 2.45) is 4.99 Å². The topological polar surface area (TPSA) is 128 Å². The summed E-state index contributed by atoms with van der Waals surface area (Å²) in [6.45, 7) is 11.7. The number of aliphatic imine (C=N–C) groups is 1. The van der Waals surface area contributed by atoms with Gasteiger partial charge in [0.1, 0.15) is 29.2 Å². The molecule has 0 saturated carbocycles. The Morgan fingerprint density at radius 1 is 1.02 bits per heavy atom. The van der Waals surface area contributed by atoms with E-state index in [0.717, 1.165) is 38.2 Å².